The normalized spacial score (nSPS) is 13.2. The van der Waals surface area contributed by atoms with Crippen molar-refractivity contribution in [3.8, 4) is 0 Å². The van der Waals surface area contributed by atoms with Gasteiger partial charge in [0.2, 0.25) is 0 Å². The van der Waals surface area contributed by atoms with Gasteiger partial charge in [-0.15, -0.1) is 22.7 Å². The van der Waals surface area contributed by atoms with Gasteiger partial charge >= 0.3 is 35.7 Å². The van der Waals surface area contributed by atoms with Gasteiger partial charge in [0.25, 0.3) is 0 Å². The maximum absolute atomic E-state index is 14.2. The number of aliphatic hydroxyl groups excluding tert-OH is 2. The number of carbonyl (C=O) groups excluding carboxylic acids is 1. The molecule has 1 atom stereocenters. The average molecular weight is 756 g/mol. The summed E-state index contributed by atoms with van der Waals surface area (Å²) in [7, 11) is 0. The second kappa shape index (κ2) is 22.2. The number of hydrogen-bond donors (Lipinski definition) is 2. The van der Waals surface area contributed by atoms with Crippen LogP contribution in [0.3, 0.4) is 0 Å². The molecule has 0 spiro atoms. The molecule has 0 bridgehead atoms. The van der Waals surface area contributed by atoms with Gasteiger partial charge in [-0.05, 0) is 57.1 Å². The molecule has 267 valence electrons. The van der Waals surface area contributed by atoms with E-state index in [0.29, 0.717) is 31.2 Å². The van der Waals surface area contributed by atoms with Crippen LogP contribution in [0.25, 0.3) is 0 Å². The van der Waals surface area contributed by atoms with E-state index >= 15 is 0 Å². The maximum Gasteiger partial charge on any atom is 1.00 e. The largest absolute Gasteiger partial charge is 1.00 e. The quantitative estimate of drug-likeness (QED) is 0.173. The molecule has 2 N–H and O–H groups in total. The Balaban J connectivity index is 0.000000439. The Morgan fingerprint density at radius 1 is 0.902 bits per heavy atom. The van der Waals surface area contributed by atoms with E-state index in [1.807, 2.05) is 24.6 Å². The fraction of sp³-hybridized carbons (Fsp3) is 0.353. The molecule has 5 aromatic rings. The van der Waals surface area contributed by atoms with E-state index in [9.17, 15) is 22.4 Å². The zero-order valence-corrected chi connectivity index (χ0v) is 32.1. The molecule has 1 aliphatic rings. The first-order valence-corrected chi connectivity index (χ1v) is 17.1. The number of ether oxygens (including phenoxy) is 2. The van der Waals surface area contributed by atoms with Crippen LogP contribution in [0.1, 0.15) is 57.9 Å². The van der Waals surface area contributed by atoms with E-state index in [1.54, 1.807) is 11.3 Å². The zero-order valence-electron chi connectivity index (χ0n) is 29.5. The van der Waals surface area contributed by atoms with E-state index in [0.717, 1.165) is 45.4 Å². The SMILES string of the molecule is Cc1nc(CCc2ccc(CO)c(F)c2F)cs1.Cc1nc(CCc2ccc(COC(=O)n3ccnc3)c(F)c2F)cs1.OC1CCCO1.[B].[H-].[Na+]. The summed E-state index contributed by atoms with van der Waals surface area (Å²) in [5.41, 5.74) is 2.31. The minimum atomic E-state index is -0.995. The number of aromatic nitrogens is 4. The zero-order chi connectivity index (χ0) is 35.3. The third-order valence-electron chi connectivity index (χ3n) is 7.26. The first-order valence-electron chi connectivity index (χ1n) is 15.3. The first-order chi connectivity index (χ1) is 23.5. The minimum absolute atomic E-state index is 0. The second-order valence-electron chi connectivity index (χ2n) is 10.9. The number of halogens is 4. The van der Waals surface area contributed by atoms with Crippen molar-refractivity contribution >= 4 is 37.2 Å². The van der Waals surface area contributed by atoms with Crippen LogP contribution in [0.5, 0.6) is 0 Å². The van der Waals surface area contributed by atoms with Gasteiger partial charge in [0.05, 0.1) is 28.0 Å². The maximum atomic E-state index is 14.2. The molecule has 1 unspecified atom stereocenters. The summed E-state index contributed by atoms with van der Waals surface area (Å²) in [6.07, 6.45) is 6.63. The number of benzene rings is 2. The molecule has 6 rings (SSSR count). The second-order valence-corrected chi connectivity index (χ2v) is 13.0. The van der Waals surface area contributed by atoms with Crippen LogP contribution in [0.4, 0.5) is 22.4 Å². The predicted molar refractivity (Wildman–Crippen MR) is 183 cm³/mol. The van der Waals surface area contributed by atoms with Crippen molar-refractivity contribution < 1.29 is 73.0 Å². The minimum Gasteiger partial charge on any atom is -1.00 e. The van der Waals surface area contributed by atoms with E-state index in [4.69, 9.17) is 19.7 Å². The van der Waals surface area contributed by atoms with Gasteiger partial charge < -0.3 is 21.1 Å². The standard InChI is InChI=1S/C17H15F2N3O2S.C13H13F2NOS.C4H8O2.B.Na.H/c1-11-21-14(9-25-11)5-4-12-2-3-13(16(19)15(12)18)8-24-17(23)22-7-6-20-10-22;1-8-16-11(7-18-8)5-4-9-2-3-10(6-17)13(15)12(9)14;5-4-2-1-3-6-4;;;/h2-3,6-7,9-10H,4-5,8H2,1H3;2-3,7,17H,4-6H2,1H3;4-5H,1-3H2;;;/q;;;;+1;-1. The van der Waals surface area contributed by atoms with Gasteiger partial charge in [-0.1, -0.05) is 24.3 Å². The van der Waals surface area contributed by atoms with E-state index in [-0.39, 0.29) is 62.7 Å². The number of hydrogen-bond acceptors (Lipinski definition) is 10. The van der Waals surface area contributed by atoms with E-state index in [1.165, 1.54) is 54.3 Å². The molecular weight excluding hydrogens is 718 g/mol. The number of carbonyl (C=O) groups is 1. The Morgan fingerprint density at radius 3 is 1.82 bits per heavy atom. The number of nitrogens with zero attached hydrogens (tertiary/aromatic N) is 4. The molecule has 0 amide bonds. The predicted octanol–water partition coefficient (Wildman–Crippen LogP) is 3.75. The van der Waals surface area contributed by atoms with Crippen molar-refractivity contribution in [3.05, 3.63) is 121 Å². The summed E-state index contributed by atoms with van der Waals surface area (Å²) in [6, 6.07) is 5.88. The molecule has 1 aliphatic heterocycles. The monoisotopic (exact) mass is 755 g/mol. The molecule has 0 aliphatic carbocycles. The molecule has 3 aromatic heterocycles. The van der Waals surface area contributed by atoms with Crippen molar-refractivity contribution in [2.24, 2.45) is 0 Å². The van der Waals surface area contributed by atoms with Gasteiger partial charge in [0, 0.05) is 55.7 Å². The molecular formula is C34H37BF4N4NaO5S2. The number of imidazole rings is 1. The number of rotatable bonds is 9. The van der Waals surface area contributed by atoms with Crippen LogP contribution in [0.15, 0.2) is 53.7 Å². The molecule has 3 radical (unpaired) electrons. The van der Waals surface area contributed by atoms with Gasteiger partial charge in [-0.25, -0.2) is 41.9 Å². The third kappa shape index (κ3) is 13.5. The summed E-state index contributed by atoms with van der Waals surface area (Å²) in [6.45, 7) is 3.69. The Labute approximate surface area is 327 Å². The Kier molecular flexibility index (Phi) is 19.2. The molecule has 2 aromatic carbocycles. The van der Waals surface area contributed by atoms with E-state index in [2.05, 4.69) is 15.0 Å². The summed E-state index contributed by atoms with van der Waals surface area (Å²) < 4.78 is 66.3. The van der Waals surface area contributed by atoms with Gasteiger partial charge in [0.15, 0.2) is 29.6 Å². The summed E-state index contributed by atoms with van der Waals surface area (Å²) in [5.74, 6) is -3.73. The number of aryl methyl sites for hydroxylation is 6. The van der Waals surface area contributed by atoms with E-state index < -0.39 is 42.3 Å². The molecule has 1 fully saturated rings. The van der Waals surface area contributed by atoms with Crippen LogP contribution < -0.4 is 29.6 Å². The van der Waals surface area contributed by atoms with Crippen molar-refractivity contribution in [1.29, 1.82) is 0 Å². The molecule has 1 saturated heterocycles. The molecule has 17 heteroatoms. The van der Waals surface area contributed by atoms with Crippen LogP contribution >= 0.6 is 22.7 Å². The van der Waals surface area contributed by atoms with Crippen molar-refractivity contribution in [1.82, 2.24) is 19.5 Å². The van der Waals surface area contributed by atoms with Crippen LogP contribution in [0.2, 0.25) is 0 Å². The van der Waals surface area contributed by atoms with Crippen molar-refractivity contribution in [2.75, 3.05) is 6.61 Å². The van der Waals surface area contributed by atoms with Crippen LogP contribution in [0, 0.1) is 37.1 Å². The molecule has 9 nitrogen and oxygen atoms in total. The Bertz CT molecular complexity index is 1810. The van der Waals surface area contributed by atoms with Gasteiger partial charge in [-0.3, -0.25) is 0 Å². The topological polar surface area (TPSA) is 120 Å². The molecule has 51 heavy (non-hydrogen) atoms. The Morgan fingerprint density at radius 2 is 1.41 bits per heavy atom. The molecule has 0 saturated carbocycles. The third-order valence-corrected chi connectivity index (χ3v) is 8.91. The van der Waals surface area contributed by atoms with Crippen LogP contribution in [-0.2, 0) is 48.4 Å². The number of thiazole rings is 2. The fourth-order valence-corrected chi connectivity index (χ4v) is 5.89. The van der Waals surface area contributed by atoms with Crippen LogP contribution in [-0.4, -0.2) is 57.1 Å². The summed E-state index contributed by atoms with van der Waals surface area (Å²) >= 11 is 3.06. The van der Waals surface area contributed by atoms with Gasteiger partial charge in [0.1, 0.15) is 12.9 Å². The Hall–Kier alpha value is -2.96. The van der Waals surface area contributed by atoms with Crippen molar-refractivity contribution in [3.63, 3.8) is 0 Å². The fourth-order valence-electron chi connectivity index (χ4n) is 4.59. The van der Waals surface area contributed by atoms with Gasteiger partial charge in [-0.2, -0.15) is 0 Å². The smallest absolute Gasteiger partial charge is 1.00 e. The number of aliphatic hydroxyl groups is 2. The van der Waals surface area contributed by atoms with Crippen molar-refractivity contribution in [2.45, 2.75) is 71.9 Å². The first kappa shape index (κ1) is 44.2. The molecule has 4 heterocycles. The summed E-state index contributed by atoms with van der Waals surface area (Å²) in [4.78, 5) is 24.0. The summed E-state index contributed by atoms with van der Waals surface area (Å²) in [5, 5.41) is 23.1. The average Bonchev–Trinajstić information content (AvgIpc) is 3.93.